The Hall–Kier alpha value is -0.410. The number of hydrogen-bond donors (Lipinski definition) is 2. The highest BCUT2D eigenvalue weighted by Crippen LogP contribution is 2.35. The molecule has 0 unspecified atom stereocenters. The van der Waals surface area contributed by atoms with Crippen LogP contribution in [0.25, 0.3) is 0 Å². The Kier molecular flexibility index (Phi) is 4.36. The Bertz CT molecular complexity index is 546. The summed E-state index contributed by atoms with van der Waals surface area (Å²) in [7, 11) is -2.02. The Morgan fingerprint density at radius 2 is 2.26 bits per heavy atom. The van der Waals surface area contributed by atoms with Crippen LogP contribution in [0.4, 0.5) is 0 Å². The third-order valence-corrected chi connectivity index (χ3v) is 5.74. The Balaban J connectivity index is 2.11. The second-order valence-corrected chi connectivity index (χ2v) is 7.08. The first kappa shape index (κ1) is 15.0. The van der Waals surface area contributed by atoms with E-state index in [1.165, 1.54) is 6.07 Å². The molecule has 0 radical (unpaired) electrons. The zero-order valence-corrected chi connectivity index (χ0v) is 13.0. The molecule has 3 N–H and O–H groups in total. The summed E-state index contributed by atoms with van der Waals surface area (Å²) in [6, 6.07) is 1.42. The highest BCUT2D eigenvalue weighted by Gasteiger charge is 2.38. The molecule has 0 bridgehead atoms. The van der Waals surface area contributed by atoms with Gasteiger partial charge in [-0.05, 0) is 35.2 Å². The summed E-state index contributed by atoms with van der Waals surface area (Å²) in [4.78, 5) is 0.0681. The molecule has 1 heterocycles. The molecule has 1 aromatic heterocycles. The van der Waals surface area contributed by atoms with Crippen LogP contribution >= 0.6 is 15.9 Å². The molecule has 0 spiro atoms. The van der Waals surface area contributed by atoms with Crippen LogP contribution < -0.4 is 10.5 Å². The van der Waals surface area contributed by atoms with Crippen LogP contribution in [0.3, 0.4) is 0 Å². The van der Waals surface area contributed by atoms with E-state index in [-0.39, 0.29) is 28.3 Å². The number of methoxy groups -OCH3 is 1. The highest BCUT2D eigenvalue weighted by atomic mass is 79.9. The highest BCUT2D eigenvalue weighted by molar-refractivity contribution is 9.10. The lowest BCUT2D eigenvalue weighted by Gasteiger charge is -2.40. The van der Waals surface area contributed by atoms with E-state index < -0.39 is 10.0 Å². The fraction of sp³-hybridized carbons (Fsp3) is 0.636. The fourth-order valence-electron chi connectivity index (χ4n) is 2.01. The van der Waals surface area contributed by atoms with Gasteiger partial charge in [0.05, 0.1) is 12.1 Å². The summed E-state index contributed by atoms with van der Waals surface area (Å²) in [6.45, 7) is 0.414. The molecule has 108 valence electrons. The summed E-state index contributed by atoms with van der Waals surface area (Å²) in [6.07, 6.45) is 2.79. The molecule has 0 aromatic carbocycles. The van der Waals surface area contributed by atoms with Crippen LogP contribution in [0.5, 0.6) is 0 Å². The molecule has 0 aliphatic heterocycles. The molecule has 0 atom stereocenters. The number of sulfonamides is 1. The van der Waals surface area contributed by atoms with Crippen LogP contribution in [0.15, 0.2) is 20.0 Å². The Labute approximate surface area is 120 Å². The molecule has 1 aliphatic rings. The molecule has 19 heavy (non-hydrogen) atoms. The molecule has 1 aromatic rings. The molecule has 8 heteroatoms. The largest absolute Gasteiger partial charge is 0.452 e. The molecule has 1 fully saturated rings. The third-order valence-electron chi connectivity index (χ3n) is 3.48. The molecule has 2 rings (SSSR count). The molecule has 0 amide bonds. The van der Waals surface area contributed by atoms with Crippen LogP contribution in [-0.2, 0) is 21.3 Å². The summed E-state index contributed by atoms with van der Waals surface area (Å²) in [5.74, 6) is 0.414. The van der Waals surface area contributed by atoms with Gasteiger partial charge in [-0.2, -0.15) is 0 Å². The van der Waals surface area contributed by atoms with Gasteiger partial charge in [0.2, 0.25) is 10.0 Å². The first-order valence-corrected chi connectivity index (χ1v) is 8.23. The zero-order chi connectivity index (χ0) is 14.1. The lowest BCUT2D eigenvalue weighted by molar-refractivity contribution is -0.0659. The minimum atomic E-state index is -3.63. The van der Waals surface area contributed by atoms with E-state index >= 15 is 0 Å². The minimum Gasteiger partial charge on any atom is -0.452 e. The van der Waals surface area contributed by atoms with E-state index in [4.69, 9.17) is 14.9 Å². The monoisotopic (exact) mass is 352 g/mol. The molecule has 6 nitrogen and oxygen atoms in total. The number of ether oxygens (including phenoxy) is 1. The van der Waals surface area contributed by atoms with Crippen LogP contribution in [0.2, 0.25) is 0 Å². The van der Waals surface area contributed by atoms with Crippen LogP contribution in [-0.4, -0.2) is 27.7 Å². The normalized spacial score (nSPS) is 18.3. The van der Waals surface area contributed by atoms with Crippen molar-refractivity contribution in [3.05, 3.63) is 16.5 Å². The maximum Gasteiger partial charge on any atom is 0.245 e. The Morgan fingerprint density at radius 1 is 1.58 bits per heavy atom. The summed E-state index contributed by atoms with van der Waals surface area (Å²) < 4.78 is 37.7. The number of hydrogen-bond acceptors (Lipinski definition) is 5. The molecular weight excluding hydrogens is 336 g/mol. The lowest BCUT2D eigenvalue weighted by Crippen LogP contribution is -2.49. The maximum atomic E-state index is 12.2. The quantitative estimate of drug-likeness (QED) is 0.805. The van der Waals surface area contributed by atoms with Crippen molar-refractivity contribution >= 4 is 26.0 Å². The number of furan rings is 1. The average Bonchev–Trinajstić information content (AvgIpc) is 2.70. The number of nitrogens with two attached hydrogens (primary N) is 1. The van der Waals surface area contributed by atoms with Crippen molar-refractivity contribution in [1.29, 1.82) is 0 Å². The first-order chi connectivity index (χ1) is 8.92. The van der Waals surface area contributed by atoms with Gasteiger partial charge in [-0.3, -0.25) is 0 Å². The summed E-state index contributed by atoms with van der Waals surface area (Å²) in [5.41, 5.74) is 5.06. The average molecular weight is 353 g/mol. The van der Waals surface area contributed by atoms with E-state index in [0.717, 1.165) is 19.3 Å². The standard InChI is InChI=1S/C11H17BrN2O4S/c1-17-11(3-2-4-11)7-14-19(15,16)9-5-8(6-13)18-10(9)12/h5,14H,2-4,6-7,13H2,1H3. The second-order valence-electron chi connectivity index (χ2n) is 4.62. The van der Waals surface area contributed by atoms with Crippen molar-refractivity contribution in [3.8, 4) is 0 Å². The lowest BCUT2D eigenvalue weighted by atomic mass is 9.80. The summed E-state index contributed by atoms with van der Waals surface area (Å²) in [5, 5.41) is 0. The van der Waals surface area contributed by atoms with Gasteiger partial charge in [0, 0.05) is 19.7 Å². The minimum absolute atomic E-state index is 0.0681. The van der Waals surface area contributed by atoms with Gasteiger partial charge in [0.25, 0.3) is 0 Å². The molecular formula is C11H17BrN2O4S. The van der Waals surface area contributed by atoms with Gasteiger partial charge in [0.1, 0.15) is 10.7 Å². The summed E-state index contributed by atoms with van der Waals surface area (Å²) >= 11 is 3.09. The smallest absolute Gasteiger partial charge is 0.245 e. The number of nitrogens with one attached hydrogen (secondary N) is 1. The van der Waals surface area contributed by atoms with Gasteiger partial charge < -0.3 is 14.9 Å². The maximum absolute atomic E-state index is 12.2. The van der Waals surface area contributed by atoms with Gasteiger partial charge in [-0.15, -0.1) is 0 Å². The second kappa shape index (κ2) is 5.53. The van der Waals surface area contributed by atoms with Crippen LogP contribution in [0.1, 0.15) is 25.0 Å². The zero-order valence-electron chi connectivity index (χ0n) is 10.6. The molecule has 1 saturated carbocycles. The first-order valence-electron chi connectivity index (χ1n) is 5.95. The van der Waals surface area contributed by atoms with E-state index in [1.54, 1.807) is 7.11 Å². The number of halogens is 1. The molecule has 0 saturated heterocycles. The van der Waals surface area contributed by atoms with Crippen LogP contribution in [0, 0.1) is 0 Å². The van der Waals surface area contributed by atoms with Gasteiger partial charge in [0.15, 0.2) is 4.67 Å². The van der Waals surface area contributed by atoms with Crippen molar-refractivity contribution in [1.82, 2.24) is 4.72 Å². The van der Waals surface area contributed by atoms with E-state index in [1.807, 2.05) is 0 Å². The van der Waals surface area contributed by atoms with Crippen molar-refractivity contribution in [2.24, 2.45) is 5.73 Å². The predicted octanol–water partition coefficient (Wildman–Crippen LogP) is 1.35. The van der Waals surface area contributed by atoms with E-state index in [9.17, 15) is 8.42 Å². The van der Waals surface area contributed by atoms with Crippen molar-refractivity contribution < 1.29 is 17.6 Å². The fourth-order valence-corrected chi connectivity index (χ4v) is 4.12. The SMILES string of the molecule is COC1(CNS(=O)(=O)c2cc(CN)oc2Br)CCC1. The number of rotatable bonds is 6. The van der Waals surface area contributed by atoms with Gasteiger partial charge in [-0.1, -0.05) is 0 Å². The van der Waals surface area contributed by atoms with Crippen molar-refractivity contribution in [3.63, 3.8) is 0 Å². The van der Waals surface area contributed by atoms with Gasteiger partial charge in [-0.25, -0.2) is 13.1 Å². The Morgan fingerprint density at radius 3 is 2.68 bits per heavy atom. The van der Waals surface area contributed by atoms with Gasteiger partial charge >= 0.3 is 0 Å². The van der Waals surface area contributed by atoms with Crippen molar-refractivity contribution in [2.45, 2.75) is 36.3 Å². The van der Waals surface area contributed by atoms with E-state index in [2.05, 4.69) is 20.7 Å². The third kappa shape index (κ3) is 3.03. The predicted molar refractivity (Wildman–Crippen MR) is 73.1 cm³/mol. The topological polar surface area (TPSA) is 94.6 Å². The van der Waals surface area contributed by atoms with Crippen molar-refractivity contribution in [2.75, 3.05) is 13.7 Å². The molecule has 1 aliphatic carbocycles. The van der Waals surface area contributed by atoms with E-state index in [0.29, 0.717) is 5.76 Å².